The minimum absolute atomic E-state index is 0.188. The highest BCUT2D eigenvalue weighted by Crippen LogP contribution is 2.34. The van der Waals surface area contributed by atoms with E-state index >= 15 is 0 Å². The third kappa shape index (κ3) is 8.46. The van der Waals surface area contributed by atoms with E-state index in [-0.39, 0.29) is 5.92 Å². The summed E-state index contributed by atoms with van der Waals surface area (Å²) in [4.78, 5) is 26.2. The van der Waals surface area contributed by atoms with Crippen LogP contribution in [0.25, 0.3) is 0 Å². The number of carbonyl (C=O) groups is 1. The number of aromatic nitrogens is 2. The lowest BCUT2D eigenvalue weighted by atomic mass is 9.79. The molecule has 0 atom stereocenters. The first-order valence-corrected chi connectivity index (χ1v) is 15.2. The number of amides is 1. The summed E-state index contributed by atoms with van der Waals surface area (Å²) < 4.78 is 0. The molecule has 2 fully saturated rings. The number of likely N-dealkylation sites (tertiary alicyclic amines) is 1. The van der Waals surface area contributed by atoms with Gasteiger partial charge in [0.25, 0.3) is 0 Å². The number of imidazole rings is 1. The van der Waals surface area contributed by atoms with E-state index < -0.39 is 0 Å². The van der Waals surface area contributed by atoms with Crippen LogP contribution in [0.3, 0.4) is 0 Å². The molecule has 1 saturated carbocycles. The maximum absolute atomic E-state index is 14.1. The fourth-order valence-corrected chi connectivity index (χ4v) is 6.24. The van der Waals surface area contributed by atoms with E-state index in [9.17, 15) is 4.79 Å². The van der Waals surface area contributed by atoms with Gasteiger partial charge < -0.3 is 9.88 Å². The normalized spacial score (nSPS) is 20.6. The van der Waals surface area contributed by atoms with E-state index in [0.29, 0.717) is 18.5 Å². The molecule has 2 aliphatic rings. The van der Waals surface area contributed by atoms with Crippen LogP contribution in [-0.2, 0) is 17.9 Å². The molecule has 2 heterocycles. The maximum Gasteiger partial charge on any atom is 0.226 e. The van der Waals surface area contributed by atoms with Gasteiger partial charge >= 0.3 is 0 Å². The summed E-state index contributed by atoms with van der Waals surface area (Å²) in [5, 5.41) is 0. The number of aromatic amines is 1. The van der Waals surface area contributed by atoms with Gasteiger partial charge in [-0.25, -0.2) is 4.98 Å². The van der Waals surface area contributed by atoms with Crippen LogP contribution in [0, 0.1) is 23.7 Å². The van der Waals surface area contributed by atoms with Gasteiger partial charge in [0.1, 0.15) is 0 Å². The van der Waals surface area contributed by atoms with Crippen molar-refractivity contribution in [2.45, 2.75) is 110 Å². The number of piperidine rings is 1. The Morgan fingerprint density at radius 2 is 1.89 bits per heavy atom. The van der Waals surface area contributed by atoms with Crippen LogP contribution < -0.4 is 0 Å². The van der Waals surface area contributed by atoms with E-state index in [1.165, 1.54) is 44.1 Å². The number of benzene rings is 1. The second-order valence-electron chi connectivity index (χ2n) is 11.5. The number of hydrogen-bond donors (Lipinski definition) is 1. The van der Waals surface area contributed by atoms with Crippen LogP contribution in [-0.4, -0.2) is 44.8 Å². The smallest absolute Gasteiger partial charge is 0.226 e. The molecule has 1 N–H and O–H groups in total. The summed E-state index contributed by atoms with van der Waals surface area (Å²) >= 11 is 0. The third-order valence-corrected chi connectivity index (χ3v) is 8.53. The zero-order valence-electron chi connectivity index (χ0n) is 23.8. The van der Waals surface area contributed by atoms with Crippen molar-refractivity contribution in [3.8, 4) is 11.8 Å². The van der Waals surface area contributed by atoms with E-state index in [1.54, 1.807) is 6.33 Å². The fourth-order valence-electron chi connectivity index (χ4n) is 6.24. The number of rotatable bonds is 11. The zero-order valence-corrected chi connectivity index (χ0v) is 23.8. The number of H-pyrrole nitrogens is 1. The van der Waals surface area contributed by atoms with Crippen LogP contribution in [0.4, 0.5) is 0 Å². The maximum atomic E-state index is 14.1. The van der Waals surface area contributed by atoms with Crippen molar-refractivity contribution in [2.75, 3.05) is 13.1 Å². The van der Waals surface area contributed by atoms with Gasteiger partial charge in [-0.15, -0.1) is 0 Å². The first-order chi connectivity index (χ1) is 18.7. The number of nitrogens with zero attached hydrogens (tertiary/aromatic N) is 3. The molecule has 1 aromatic carbocycles. The van der Waals surface area contributed by atoms with Crippen molar-refractivity contribution < 1.29 is 4.79 Å². The van der Waals surface area contributed by atoms with Crippen molar-refractivity contribution in [1.29, 1.82) is 0 Å². The lowest BCUT2D eigenvalue weighted by Crippen LogP contribution is -2.49. The third-order valence-electron chi connectivity index (χ3n) is 8.53. The van der Waals surface area contributed by atoms with Crippen LogP contribution in [0.5, 0.6) is 0 Å². The van der Waals surface area contributed by atoms with Crippen LogP contribution >= 0.6 is 0 Å². The SMILES string of the molecule is CCCC#Cc1cccc(CN(C(=O)C2CCC(CCCCC)CC2)C2CCN(Cc3cnc[nH]3)CC2)c1. The van der Waals surface area contributed by atoms with Crippen LogP contribution in [0.1, 0.15) is 108 Å². The van der Waals surface area contributed by atoms with Gasteiger partial charge in [-0.3, -0.25) is 9.69 Å². The molecular weight excluding hydrogens is 468 g/mol. The number of unbranched alkanes of at least 4 members (excludes halogenated alkanes) is 3. The first-order valence-electron chi connectivity index (χ1n) is 15.2. The standard InChI is InChI=1S/C33H48N4O/c1-3-5-7-10-27-14-16-30(17-15-27)33(38)37(24-29-13-9-12-28(22-29)11-8-6-4-2)32-18-20-36(21-19-32)25-31-23-34-26-35-31/h9,12-13,22-23,26-27,30,32H,3-7,10,14-21,24-25H2,1-2H3,(H,34,35). The van der Waals surface area contributed by atoms with Gasteiger partial charge in [0.2, 0.25) is 5.91 Å². The highest BCUT2D eigenvalue weighted by molar-refractivity contribution is 5.79. The Morgan fingerprint density at radius 3 is 2.61 bits per heavy atom. The Labute approximate surface area is 230 Å². The molecule has 0 radical (unpaired) electrons. The molecule has 0 unspecified atom stereocenters. The molecule has 1 amide bonds. The molecule has 2 aromatic rings. The lowest BCUT2D eigenvalue weighted by Gasteiger charge is -2.41. The Kier molecular flexibility index (Phi) is 11.3. The number of hydrogen-bond acceptors (Lipinski definition) is 3. The van der Waals surface area contributed by atoms with Crippen molar-refractivity contribution in [1.82, 2.24) is 19.8 Å². The number of nitrogens with one attached hydrogen (secondary N) is 1. The summed E-state index contributed by atoms with van der Waals surface area (Å²) in [6.45, 7) is 8.07. The molecule has 4 rings (SSSR count). The predicted molar refractivity (Wildman–Crippen MR) is 155 cm³/mol. The molecule has 0 bridgehead atoms. The number of carbonyl (C=O) groups excluding carboxylic acids is 1. The molecule has 1 saturated heterocycles. The average Bonchev–Trinajstić information content (AvgIpc) is 3.46. The van der Waals surface area contributed by atoms with E-state index in [4.69, 9.17) is 0 Å². The van der Waals surface area contributed by atoms with Gasteiger partial charge in [0.05, 0.1) is 6.33 Å². The molecule has 0 spiro atoms. The fraction of sp³-hybridized carbons (Fsp3) is 0.636. The second kappa shape index (κ2) is 15.1. The molecule has 206 valence electrons. The Balaban J connectivity index is 1.41. The Hall–Kier alpha value is -2.58. The quantitative estimate of drug-likeness (QED) is 0.260. The molecule has 5 heteroatoms. The first kappa shape index (κ1) is 28.4. The van der Waals surface area contributed by atoms with Gasteiger partial charge in [0.15, 0.2) is 0 Å². The van der Waals surface area contributed by atoms with Crippen molar-refractivity contribution in [3.05, 3.63) is 53.6 Å². The minimum Gasteiger partial charge on any atom is -0.347 e. The second-order valence-corrected chi connectivity index (χ2v) is 11.5. The highest BCUT2D eigenvalue weighted by atomic mass is 16.2. The van der Waals surface area contributed by atoms with Crippen molar-refractivity contribution in [2.24, 2.45) is 11.8 Å². The van der Waals surface area contributed by atoms with Gasteiger partial charge in [-0.1, -0.05) is 63.5 Å². The summed E-state index contributed by atoms with van der Waals surface area (Å²) in [6, 6.07) is 8.86. The van der Waals surface area contributed by atoms with Gasteiger partial charge in [-0.05, 0) is 68.6 Å². The van der Waals surface area contributed by atoms with Crippen molar-refractivity contribution in [3.63, 3.8) is 0 Å². The minimum atomic E-state index is 0.188. The molecule has 1 aromatic heterocycles. The van der Waals surface area contributed by atoms with Gasteiger partial charge in [0, 0.05) is 62.0 Å². The molecule has 1 aliphatic heterocycles. The summed E-state index contributed by atoms with van der Waals surface area (Å²) in [5.74, 6) is 7.99. The average molecular weight is 517 g/mol. The molecular formula is C33H48N4O. The predicted octanol–water partition coefficient (Wildman–Crippen LogP) is 6.94. The van der Waals surface area contributed by atoms with Crippen molar-refractivity contribution >= 4 is 5.91 Å². The Bertz CT molecular complexity index is 1020. The van der Waals surface area contributed by atoms with Crippen LogP contribution in [0.2, 0.25) is 0 Å². The van der Waals surface area contributed by atoms with Gasteiger partial charge in [-0.2, -0.15) is 0 Å². The summed E-state index contributed by atoms with van der Waals surface area (Å²) in [7, 11) is 0. The monoisotopic (exact) mass is 516 g/mol. The highest BCUT2D eigenvalue weighted by Gasteiger charge is 2.34. The van der Waals surface area contributed by atoms with E-state index in [2.05, 4.69) is 69.7 Å². The summed E-state index contributed by atoms with van der Waals surface area (Å²) in [5.41, 5.74) is 3.42. The molecule has 1 aliphatic carbocycles. The lowest BCUT2D eigenvalue weighted by molar-refractivity contribution is -0.141. The molecule has 38 heavy (non-hydrogen) atoms. The summed E-state index contributed by atoms with van der Waals surface area (Å²) in [6.07, 6.45) is 17.6. The van der Waals surface area contributed by atoms with E-state index in [0.717, 1.165) is 75.3 Å². The topological polar surface area (TPSA) is 52.2 Å². The van der Waals surface area contributed by atoms with E-state index in [1.807, 2.05) is 6.20 Å². The Morgan fingerprint density at radius 1 is 1.08 bits per heavy atom. The van der Waals surface area contributed by atoms with Crippen LogP contribution in [0.15, 0.2) is 36.8 Å². The molecule has 5 nitrogen and oxygen atoms in total. The largest absolute Gasteiger partial charge is 0.347 e. The zero-order chi connectivity index (χ0) is 26.6.